The van der Waals surface area contributed by atoms with Crippen LogP contribution in [0.5, 0.6) is 0 Å². The van der Waals surface area contributed by atoms with E-state index in [2.05, 4.69) is 11.9 Å². The summed E-state index contributed by atoms with van der Waals surface area (Å²) in [6.07, 6.45) is 4.07. The van der Waals surface area contributed by atoms with Crippen LogP contribution in [0.2, 0.25) is 0 Å². The van der Waals surface area contributed by atoms with Crippen molar-refractivity contribution >= 4 is 5.71 Å². The number of ether oxygens (including phenoxy) is 2. The van der Waals surface area contributed by atoms with Gasteiger partial charge in [0.25, 0.3) is 0 Å². The van der Waals surface area contributed by atoms with Crippen LogP contribution in [0.3, 0.4) is 0 Å². The molecule has 0 aromatic heterocycles. The molecule has 0 bridgehead atoms. The number of hydrogen-bond acceptors (Lipinski definition) is 3. The Morgan fingerprint density at radius 2 is 2.13 bits per heavy atom. The Balaban J connectivity index is 1.85. The van der Waals surface area contributed by atoms with Gasteiger partial charge in [-0.25, -0.2) is 0 Å². The first-order valence-electron chi connectivity index (χ1n) is 5.85. The summed E-state index contributed by atoms with van der Waals surface area (Å²) in [5.41, 5.74) is 4.24. The summed E-state index contributed by atoms with van der Waals surface area (Å²) in [7, 11) is 0. The number of aliphatic imine (C=N–C) groups is 1. The van der Waals surface area contributed by atoms with Crippen LogP contribution in [-0.2, 0) is 9.47 Å². The summed E-state index contributed by atoms with van der Waals surface area (Å²) in [6, 6.07) is 0. The molecule has 3 nitrogen and oxygen atoms in total. The molecule has 0 amide bonds. The fraction of sp³-hybridized carbons (Fsp3) is 0.750. The summed E-state index contributed by atoms with van der Waals surface area (Å²) in [4.78, 5) is 4.58. The molecule has 3 heteroatoms. The molecule has 0 aromatic rings. The molecule has 0 atom stereocenters. The van der Waals surface area contributed by atoms with Gasteiger partial charge in [-0.1, -0.05) is 6.92 Å². The van der Waals surface area contributed by atoms with E-state index in [4.69, 9.17) is 9.47 Å². The molecular formula is C12H17NO2. The normalized spacial score (nSPS) is 28.5. The summed E-state index contributed by atoms with van der Waals surface area (Å²) < 4.78 is 11.5. The van der Waals surface area contributed by atoms with Crippen LogP contribution in [0, 0.1) is 0 Å². The lowest BCUT2D eigenvalue weighted by Crippen LogP contribution is -2.34. The van der Waals surface area contributed by atoms with Gasteiger partial charge in [0.05, 0.1) is 19.8 Å². The Hall–Kier alpha value is -0.670. The molecule has 1 aliphatic carbocycles. The average molecular weight is 207 g/mol. The van der Waals surface area contributed by atoms with Gasteiger partial charge in [0.15, 0.2) is 5.79 Å². The summed E-state index contributed by atoms with van der Waals surface area (Å²) in [5, 5.41) is 0. The minimum absolute atomic E-state index is 0.293. The van der Waals surface area contributed by atoms with Gasteiger partial charge in [-0.05, 0) is 24.0 Å². The van der Waals surface area contributed by atoms with E-state index in [1.54, 1.807) is 0 Å². The topological polar surface area (TPSA) is 30.8 Å². The van der Waals surface area contributed by atoms with E-state index >= 15 is 0 Å². The van der Waals surface area contributed by atoms with Crippen molar-refractivity contribution in [3.63, 3.8) is 0 Å². The monoisotopic (exact) mass is 207 g/mol. The van der Waals surface area contributed by atoms with E-state index in [-0.39, 0.29) is 5.79 Å². The SMILES string of the molecule is CCC1=NCC2=C1CC1(CC2)OCCO1. The molecule has 0 unspecified atom stereocenters. The molecule has 0 radical (unpaired) electrons. The van der Waals surface area contributed by atoms with Crippen molar-refractivity contribution < 1.29 is 9.47 Å². The van der Waals surface area contributed by atoms with Crippen LogP contribution in [-0.4, -0.2) is 31.3 Å². The van der Waals surface area contributed by atoms with Crippen molar-refractivity contribution in [3.8, 4) is 0 Å². The molecule has 0 N–H and O–H groups in total. The molecule has 82 valence electrons. The molecule has 0 saturated carbocycles. The fourth-order valence-electron chi connectivity index (χ4n) is 2.81. The van der Waals surface area contributed by atoms with Crippen molar-refractivity contribution in [3.05, 3.63) is 11.1 Å². The van der Waals surface area contributed by atoms with Crippen LogP contribution in [0.15, 0.2) is 16.1 Å². The second-order valence-electron chi connectivity index (χ2n) is 4.48. The van der Waals surface area contributed by atoms with Crippen LogP contribution < -0.4 is 0 Å². The minimum Gasteiger partial charge on any atom is -0.347 e. The molecule has 15 heavy (non-hydrogen) atoms. The predicted molar refractivity (Wildman–Crippen MR) is 58.1 cm³/mol. The van der Waals surface area contributed by atoms with E-state index in [0.717, 1.165) is 45.4 Å². The third kappa shape index (κ3) is 1.45. The Kier molecular flexibility index (Phi) is 2.18. The molecule has 0 aromatic carbocycles. The van der Waals surface area contributed by atoms with E-state index in [1.165, 1.54) is 16.9 Å². The van der Waals surface area contributed by atoms with E-state index < -0.39 is 0 Å². The molecule has 1 spiro atoms. The Bertz CT molecular complexity index is 338. The number of nitrogens with zero attached hydrogens (tertiary/aromatic N) is 1. The van der Waals surface area contributed by atoms with Gasteiger partial charge in [-0.2, -0.15) is 0 Å². The van der Waals surface area contributed by atoms with Gasteiger partial charge in [0.2, 0.25) is 0 Å². The lowest BCUT2D eigenvalue weighted by Gasteiger charge is -2.32. The van der Waals surface area contributed by atoms with Gasteiger partial charge in [-0.3, -0.25) is 4.99 Å². The molecule has 1 saturated heterocycles. The lowest BCUT2D eigenvalue weighted by atomic mass is 9.86. The summed E-state index contributed by atoms with van der Waals surface area (Å²) in [6.45, 7) is 4.60. The third-order valence-corrected chi connectivity index (χ3v) is 3.64. The van der Waals surface area contributed by atoms with Gasteiger partial charge in [0.1, 0.15) is 0 Å². The highest BCUT2D eigenvalue weighted by atomic mass is 16.7. The third-order valence-electron chi connectivity index (χ3n) is 3.64. The highest BCUT2D eigenvalue weighted by Crippen LogP contribution is 2.41. The van der Waals surface area contributed by atoms with Crippen molar-refractivity contribution in [1.29, 1.82) is 0 Å². The number of rotatable bonds is 1. The van der Waals surface area contributed by atoms with Crippen molar-refractivity contribution in [2.24, 2.45) is 4.99 Å². The second kappa shape index (κ2) is 3.42. The quantitative estimate of drug-likeness (QED) is 0.659. The Labute approximate surface area is 90.2 Å². The van der Waals surface area contributed by atoms with Gasteiger partial charge < -0.3 is 9.47 Å². The highest BCUT2D eigenvalue weighted by molar-refractivity contribution is 6.02. The van der Waals surface area contributed by atoms with E-state index in [9.17, 15) is 0 Å². The number of hydrogen-bond donors (Lipinski definition) is 0. The summed E-state index contributed by atoms with van der Waals surface area (Å²) >= 11 is 0. The van der Waals surface area contributed by atoms with Crippen molar-refractivity contribution in [2.45, 2.75) is 38.4 Å². The molecule has 1 fully saturated rings. The predicted octanol–water partition coefficient (Wildman–Crippen LogP) is 2.07. The first-order valence-corrected chi connectivity index (χ1v) is 5.85. The maximum atomic E-state index is 5.77. The van der Waals surface area contributed by atoms with Crippen LogP contribution >= 0.6 is 0 Å². The maximum Gasteiger partial charge on any atom is 0.172 e. The zero-order valence-corrected chi connectivity index (χ0v) is 9.21. The van der Waals surface area contributed by atoms with Gasteiger partial charge in [0, 0.05) is 18.6 Å². The first-order chi connectivity index (χ1) is 7.33. The van der Waals surface area contributed by atoms with Crippen LogP contribution in [0.25, 0.3) is 0 Å². The smallest absolute Gasteiger partial charge is 0.172 e. The lowest BCUT2D eigenvalue weighted by molar-refractivity contribution is -0.162. The van der Waals surface area contributed by atoms with Crippen LogP contribution in [0.4, 0.5) is 0 Å². The molecule has 2 heterocycles. The average Bonchev–Trinajstić information content (AvgIpc) is 2.85. The largest absolute Gasteiger partial charge is 0.347 e. The van der Waals surface area contributed by atoms with Crippen LogP contribution in [0.1, 0.15) is 32.6 Å². The van der Waals surface area contributed by atoms with Gasteiger partial charge >= 0.3 is 0 Å². The van der Waals surface area contributed by atoms with Crippen molar-refractivity contribution in [2.75, 3.05) is 19.8 Å². The van der Waals surface area contributed by atoms with E-state index in [1.807, 2.05) is 0 Å². The molecule has 3 rings (SSSR count). The second-order valence-corrected chi connectivity index (χ2v) is 4.48. The molecular weight excluding hydrogens is 190 g/mol. The fourth-order valence-corrected chi connectivity index (χ4v) is 2.81. The molecule has 2 aliphatic heterocycles. The summed E-state index contributed by atoms with van der Waals surface area (Å²) in [5.74, 6) is -0.293. The van der Waals surface area contributed by atoms with Gasteiger partial charge in [-0.15, -0.1) is 0 Å². The first kappa shape index (κ1) is 9.55. The zero-order chi connectivity index (χ0) is 10.3. The Morgan fingerprint density at radius 3 is 2.87 bits per heavy atom. The van der Waals surface area contributed by atoms with Crippen molar-refractivity contribution in [1.82, 2.24) is 0 Å². The highest BCUT2D eigenvalue weighted by Gasteiger charge is 2.42. The maximum absolute atomic E-state index is 5.77. The Morgan fingerprint density at radius 1 is 1.33 bits per heavy atom. The van der Waals surface area contributed by atoms with E-state index in [0.29, 0.717) is 0 Å². The molecule has 3 aliphatic rings. The minimum atomic E-state index is -0.293. The standard InChI is InChI=1S/C12H17NO2/c1-2-11-10-7-12(14-5-6-15-12)4-3-9(10)8-13-11/h2-8H2,1H3. The zero-order valence-electron chi connectivity index (χ0n) is 9.21.